The van der Waals surface area contributed by atoms with Crippen LogP contribution in [0.1, 0.15) is 4.88 Å². The summed E-state index contributed by atoms with van der Waals surface area (Å²) in [7, 11) is 0. The van der Waals surface area contributed by atoms with Gasteiger partial charge in [0.2, 0.25) is 11.0 Å². The van der Waals surface area contributed by atoms with E-state index in [1.165, 1.54) is 6.92 Å². The number of halogens is 5. The Morgan fingerprint density at radius 1 is 1.47 bits per heavy atom. The number of aliphatic imine (C=N–C) groups is 1. The third kappa shape index (κ3) is 2.60. The van der Waals surface area contributed by atoms with E-state index in [0.717, 1.165) is 0 Å². The van der Waals surface area contributed by atoms with Crippen LogP contribution in [0.15, 0.2) is 4.99 Å². The Hall–Kier alpha value is -0.820. The van der Waals surface area contributed by atoms with Crippen molar-refractivity contribution < 1.29 is 17.6 Å². The first-order valence-electron chi connectivity index (χ1n) is 3.59. The zero-order valence-electron chi connectivity index (χ0n) is 7.32. The molecule has 0 aliphatic heterocycles. The van der Waals surface area contributed by atoms with E-state index in [2.05, 4.69) is 10.7 Å². The number of nitrogens with zero attached hydrogens (tertiary/aromatic N) is 1. The molecule has 0 aliphatic rings. The first-order chi connectivity index (χ1) is 6.73. The molecule has 0 amide bonds. The SMILES string of the molecule is Cc1sc(F)c(N=C(N)C(F)(F)F)c1Cl. The summed E-state index contributed by atoms with van der Waals surface area (Å²) in [6.45, 7) is 1.47. The second-order valence-electron chi connectivity index (χ2n) is 2.59. The molecule has 84 valence electrons. The lowest BCUT2D eigenvalue weighted by molar-refractivity contribution is -0.0597. The molecule has 0 aromatic carbocycles. The van der Waals surface area contributed by atoms with E-state index in [0.29, 0.717) is 16.2 Å². The highest BCUT2D eigenvalue weighted by atomic mass is 35.5. The molecule has 0 bridgehead atoms. The molecule has 0 saturated heterocycles. The molecule has 0 radical (unpaired) electrons. The van der Waals surface area contributed by atoms with E-state index in [1.54, 1.807) is 0 Å². The van der Waals surface area contributed by atoms with E-state index in [1.807, 2.05) is 0 Å². The van der Waals surface area contributed by atoms with Crippen molar-refractivity contribution in [1.29, 1.82) is 0 Å². The molecular weight excluding hydrogens is 256 g/mol. The van der Waals surface area contributed by atoms with Gasteiger partial charge in [-0.2, -0.15) is 17.6 Å². The summed E-state index contributed by atoms with van der Waals surface area (Å²) >= 11 is 6.17. The van der Waals surface area contributed by atoms with Crippen LogP contribution < -0.4 is 5.73 Å². The molecule has 8 heteroatoms. The molecule has 0 atom stereocenters. The lowest BCUT2D eigenvalue weighted by atomic mass is 10.4. The van der Waals surface area contributed by atoms with Crippen LogP contribution in [0.25, 0.3) is 0 Å². The van der Waals surface area contributed by atoms with Crippen LogP contribution >= 0.6 is 22.9 Å². The number of rotatable bonds is 1. The van der Waals surface area contributed by atoms with E-state index >= 15 is 0 Å². The fourth-order valence-corrected chi connectivity index (χ4v) is 1.75. The van der Waals surface area contributed by atoms with Crippen LogP contribution in [-0.4, -0.2) is 12.0 Å². The van der Waals surface area contributed by atoms with Gasteiger partial charge in [-0.25, -0.2) is 4.99 Å². The van der Waals surface area contributed by atoms with Crippen molar-refractivity contribution >= 4 is 34.5 Å². The zero-order valence-corrected chi connectivity index (χ0v) is 8.90. The van der Waals surface area contributed by atoms with Gasteiger partial charge in [-0.15, -0.1) is 11.3 Å². The summed E-state index contributed by atoms with van der Waals surface area (Å²) in [4.78, 5) is 3.27. The minimum absolute atomic E-state index is 0.148. The van der Waals surface area contributed by atoms with Crippen LogP contribution in [0, 0.1) is 12.1 Å². The van der Waals surface area contributed by atoms with E-state index in [9.17, 15) is 17.6 Å². The number of nitrogens with two attached hydrogens (primary N) is 1. The van der Waals surface area contributed by atoms with Crippen LogP contribution in [0.3, 0.4) is 0 Å². The molecule has 0 unspecified atom stereocenters. The second-order valence-corrected chi connectivity index (χ2v) is 4.14. The third-order valence-electron chi connectivity index (χ3n) is 1.47. The fourth-order valence-electron chi connectivity index (χ4n) is 0.757. The average Bonchev–Trinajstić information content (AvgIpc) is 2.30. The van der Waals surface area contributed by atoms with Gasteiger partial charge >= 0.3 is 6.18 Å². The summed E-state index contributed by atoms with van der Waals surface area (Å²) in [5, 5.41) is -1.03. The van der Waals surface area contributed by atoms with Crippen molar-refractivity contribution in [2.24, 2.45) is 10.7 Å². The molecule has 2 nitrogen and oxygen atoms in total. The summed E-state index contributed by atoms with van der Waals surface area (Å²) in [5.41, 5.74) is 4.07. The van der Waals surface area contributed by atoms with Gasteiger partial charge < -0.3 is 5.73 Å². The van der Waals surface area contributed by atoms with Gasteiger partial charge in [0.25, 0.3) is 0 Å². The van der Waals surface area contributed by atoms with Crippen molar-refractivity contribution in [3.8, 4) is 0 Å². The number of aryl methyl sites for hydroxylation is 1. The molecule has 15 heavy (non-hydrogen) atoms. The predicted molar refractivity (Wildman–Crippen MR) is 51.4 cm³/mol. The van der Waals surface area contributed by atoms with Gasteiger partial charge in [-0.1, -0.05) is 11.6 Å². The van der Waals surface area contributed by atoms with E-state index in [-0.39, 0.29) is 5.02 Å². The van der Waals surface area contributed by atoms with Crippen LogP contribution in [-0.2, 0) is 0 Å². The Labute approximate surface area is 91.4 Å². The number of thiophene rings is 1. The summed E-state index contributed by atoms with van der Waals surface area (Å²) in [6, 6.07) is 0. The molecule has 0 fully saturated rings. The van der Waals surface area contributed by atoms with Crippen molar-refractivity contribution in [2.75, 3.05) is 0 Å². The maximum atomic E-state index is 13.0. The minimum Gasteiger partial charge on any atom is -0.380 e. The molecule has 1 rings (SSSR count). The highest BCUT2D eigenvalue weighted by Gasteiger charge is 2.34. The second kappa shape index (κ2) is 3.97. The smallest absolute Gasteiger partial charge is 0.380 e. The number of alkyl halides is 3. The maximum absolute atomic E-state index is 13.0. The van der Waals surface area contributed by atoms with Gasteiger partial charge in [0.15, 0.2) is 0 Å². The summed E-state index contributed by atoms with van der Waals surface area (Å²) in [6.07, 6.45) is -4.79. The average molecular weight is 261 g/mol. The Balaban J connectivity index is 3.19. The van der Waals surface area contributed by atoms with E-state index in [4.69, 9.17) is 11.6 Å². The van der Waals surface area contributed by atoms with Crippen molar-refractivity contribution in [1.82, 2.24) is 0 Å². The number of hydrogen-bond donors (Lipinski definition) is 1. The van der Waals surface area contributed by atoms with Crippen molar-refractivity contribution in [3.05, 3.63) is 15.0 Å². The normalized spacial score (nSPS) is 13.3. The Kier molecular flexibility index (Phi) is 3.25. The Morgan fingerprint density at radius 2 is 2.00 bits per heavy atom. The van der Waals surface area contributed by atoms with Gasteiger partial charge in [-0.3, -0.25) is 0 Å². The molecule has 0 spiro atoms. The lowest BCUT2D eigenvalue weighted by Crippen LogP contribution is -2.30. The first kappa shape index (κ1) is 12.3. The number of hydrogen-bond acceptors (Lipinski definition) is 2. The monoisotopic (exact) mass is 260 g/mol. The Bertz CT molecular complexity index is 410. The number of amidine groups is 1. The fraction of sp³-hybridized carbons (Fsp3) is 0.286. The minimum atomic E-state index is -4.79. The van der Waals surface area contributed by atoms with E-state index < -0.39 is 22.8 Å². The van der Waals surface area contributed by atoms with Gasteiger partial charge in [0.05, 0.1) is 5.02 Å². The Morgan fingerprint density at radius 3 is 2.33 bits per heavy atom. The van der Waals surface area contributed by atoms with Crippen LogP contribution in [0.4, 0.5) is 23.2 Å². The highest BCUT2D eigenvalue weighted by Crippen LogP contribution is 2.38. The molecule has 0 aliphatic carbocycles. The molecule has 0 saturated carbocycles. The largest absolute Gasteiger partial charge is 0.448 e. The van der Waals surface area contributed by atoms with Gasteiger partial charge in [-0.05, 0) is 6.92 Å². The maximum Gasteiger partial charge on any atom is 0.448 e. The van der Waals surface area contributed by atoms with Crippen LogP contribution in [0.5, 0.6) is 0 Å². The third-order valence-corrected chi connectivity index (χ3v) is 2.93. The summed E-state index contributed by atoms with van der Waals surface area (Å²) < 4.78 is 49.0. The summed E-state index contributed by atoms with van der Waals surface area (Å²) in [5.74, 6) is -1.62. The van der Waals surface area contributed by atoms with Gasteiger partial charge in [0.1, 0.15) is 5.69 Å². The standard InChI is InChI=1S/C7H5ClF4N2S/c1-2-3(8)4(5(9)15-2)14-6(13)7(10,11)12/h1H3,(H2,13,14). The zero-order chi connectivity index (χ0) is 11.8. The first-order valence-corrected chi connectivity index (χ1v) is 4.78. The quantitative estimate of drug-likeness (QED) is 0.469. The van der Waals surface area contributed by atoms with Crippen molar-refractivity contribution in [3.63, 3.8) is 0 Å². The van der Waals surface area contributed by atoms with Crippen LogP contribution in [0.2, 0.25) is 5.02 Å². The topological polar surface area (TPSA) is 38.4 Å². The highest BCUT2D eigenvalue weighted by molar-refractivity contribution is 7.11. The molecular formula is C7H5ClF4N2S. The molecule has 2 N–H and O–H groups in total. The molecule has 1 aromatic rings. The molecule has 1 heterocycles. The van der Waals surface area contributed by atoms with Crippen molar-refractivity contribution in [2.45, 2.75) is 13.1 Å². The molecule has 1 aromatic heterocycles. The van der Waals surface area contributed by atoms with Gasteiger partial charge in [0, 0.05) is 4.88 Å². The lowest BCUT2D eigenvalue weighted by Gasteiger charge is -2.04. The predicted octanol–water partition coefficient (Wildman–Crippen LogP) is 3.40.